The van der Waals surface area contributed by atoms with Crippen molar-refractivity contribution in [1.82, 2.24) is 9.55 Å². The van der Waals surface area contributed by atoms with E-state index >= 15 is 0 Å². The van der Waals surface area contributed by atoms with Crippen molar-refractivity contribution in [3.05, 3.63) is 94.0 Å². The number of nitrogens with two attached hydrogens (primary N) is 1. The van der Waals surface area contributed by atoms with Crippen LogP contribution in [0.25, 0.3) is 0 Å². The monoisotopic (exact) mass is 449 g/mol. The summed E-state index contributed by atoms with van der Waals surface area (Å²) in [5.41, 5.74) is 6.51. The summed E-state index contributed by atoms with van der Waals surface area (Å²) in [7, 11) is 0. The average Bonchev–Trinajstić information content (AvgIpc) is 3.23. The van der Waals surface area contributed by atoms with Gasteiger partial charge in [-0.15, -0.1) is 0 Å². The van der Waals surface area contributed by atoms with Crippen LogP contribution in [-0.2, 0) is 14.2 Å². The zero-order valence-electron chi connectivity index (χ0n) is 17.9. The van der Waals surface area contributed by atoms with E-state index in [2.05, 4.69) is 4.98 Å². The van der Waals surface area contributed by atoms with Crippen LogP contribution in [0.1, 0.15) is 38.9 Å². The van der Waals surface area contributed by atoms with E-state index in [9.17, 15) is 14.4 Å². The second-order valence-electron chi connectivity index (χ2n) is 7.64. The number of esters is 2. The highest BCUT2D eigenvalue weighted by atomic mass is 16.6. The number of nitrogens with zero attached hydrogens (tertiary/aromatic N) is 2. The van der Waals surface area contributed by atoms with Gasteiger partial charge in [0.25, 0.3) is 0 Å². The van der Waals surface area contributed by atoms with Gasteiger partial charge >= 0.3 is 17.6 Å². The molecule has 0 saturated carbocycles. The Bertz CT molecular complexity index is 1200. The maximum atomic E-state index is 12.6. The molecular formula is C24H23N3O6. The summed E-state index contributed by atoms with van der Waals surface area (Å²) in [4.78, 5) is 41.2. The number of rotatable bonds is 6. The van der Waals surface area contributed by atoms with Gasteiger partial charge in [-0.1, -0.05) is 36.4 Å². The van der Waals surface area contributed by atoms with E-state index in [-0.39, 0.29) is 18.8 Å². The number of benzene rings is 2. The Morgan fingerprint density at radius 1 is 1.06 bits per heavy atom. The van der Waals surface area contributed by atoms with E-state index in [1.54, 1.807) is 73.8 Å². The summed E-state index contributed by atoms with van der Waals surface area (Å²) in [6, 6.07) is 17.0. The number of aryl methyl sites for hydroxylation is 1. The summed E-state index contributed by atoms with van der Waals surface area (Å²) >= 11 is 0. The zero-order valence-corrected chi connectivity index (χ0v) is 17.9. The number of aromatic nitrogens is 2. The van der Waals surface area contributed by atoms with Crippen molar-refractivity contribution in [2.24, 2.45) is 0 Å². The first kappa shape index (κ1) is 22.2. The quantitative estimate of drug-likeness (QED) is 0.570. The Kier molecular flexibility index (Phi) is 6.50. The highest BCUT2D eigenvalue weighted by Crippen LogP contribution is 2.31. The van der Waals surface area contributed by atoms with E-state index in [1.165, 1.54) is 4.57 Å². The predicted molar refractivity (Wildman–Crippen MR) is 119 cm³/mol. The Labute approximate surface area is 189 Å². The SMILES string of the molecule is Cc1cn([C@@H]2CC(OC(=O)c3ccccc3)[C@H](COC(=O)c3ccccc3)O2)c(=O)nc1N. The molecule has 0 bridgehead atoms. The molecular weight excluding hydrogens is 426 g/mol. The largest absolute Gasteiger partial charge is 0.459 e. The van der Waals surface area contributed by atoms with E-state index in [1.807, 2.05) is 0 Å². The third-order valence-corrected chi connectivity index (χ3v) is 5.32. The number of hydrogen-bond acceptors (Lipinski definition) is 8. The Balaban J connectivity index is 1.53. The Morgan fingerprint density at radius 2 is 1.67 bits per heavy atom. The van der Waals surface area contributed by atoms with Gasteiger partial charge in [0, 0.05) is 18.2 Å². The molecule has 0 aliphatic carbocycles. The number of anilines is 1. The molecule has 1 saturated heterocycles. The molecule has 1 aromatic heterocycles. The molecule has 9 nitrogen and oxygen atoms in total. The number of carbonyl (C=O) groups excluding carboxylic acids is 2. The summed E-state index contributed by atoms with van der Waals surface area (Å²) in [6.07, 6.45) is -0.574. The number of hydrogen-bond donors (Lipinski definition) is 1. The van der Waals surface area contributed by atoms with Crippen LogP contribution in [0, 0.1) is 6.92 Å². The molecule has 1 aliphatic heterocycles. The van der Waals surface area contributed by atoms with Crippen LogP contribution in [0.5, 0.6) is 0 Å². The third kappa shape index (κ3) is 5.09. The maximum absolute atomic E-state index is 12.6. The lowest BCUT2D eigenvalue weighted by atomic mass is 10.1. The second-order valence-corrected chi connectivity index (χ2v) is 7.64. The van der Waals surface area contributed by atoms with Crippen molar-refractivity contribution in [3.63, 3.8) is 0 Å². The molecule has 2 aromatic carbocycles. The zero-order chi connectivity index (χ0) is 23.4. The van der Waals surface area contributed by atoms with Gasteiger partial charge < -0.3 is 19.9 Å². The van der Waals surface area contributed by atoms with E-state index < -0.39 is 36.1 Å². The molecule has 2 N–H and O–H groups in total. The van der Waals surface area contributed by atoms with Gasteiger partial charge in [0.05, 0.1) is 11.1 Å². The lowest BCUT2D eigenvalue weighted by Crippen LogP contribution is -2.32. The summed E-state index contributed by atoms with van der Waals surface area (Å²) in [5, 5.41) is 0. The van der Waals surface area contributed by atoms with E-state index in [4.69, 9.17) is 19.9 Å². The van der Waals surface area contributed by atoms with Gasteiger partial charge in [0.15, 0.2) is 0 Å². The minimum Gasteiger partial charge on any atom is -0.459 e. The fourth-order valence-electron chi connectivity index (χ4n) is 3.53. The van der Waals surface area contributed by atoms with Crippen molar-refractivity contribution >= 4 is 17.8 Å². The molecule has 0 amide bonds. The molecule has 2 heterocycles. The first-order valence-corrected chi connectivity index (χ1v) is 10.4. The van der Waals surface area contributed by atoms with Crippen LogP contribution < -0.4 is 11.4 Å². The van der Waals surface area contributed by atoms with Crippen molar-refractivity contribution in [2.75, 3.05) is 12.3 Å². The van der Waals surface area contributed by atoms with Gasteiger partial charge in [-0.05, 0) is 31.2 Å². The van der Waals surface area contributed by atoms with Gasteiger partial charge in [0.1, 0.15) is 30.9 Å². The van der Waals surface area contributed by atoms with Gasteiger partial charge in [-0.2, -0.15) is 4.98 Å². The second kappa shape index (κ2) is 9.66. The third-order valence-electron chi connectivity index (χ3n) is 5.32. The predicted octanol–water partition coefficient (Wildman–Crippen LogP) is 2.50. The molecule has 9 heteroatoms. The topological polar surface area (TPSA) is 123 Å². The molecule has 0 spiro atoms. The fraction of sp³-hybridized carbons (Fsp3) is 0.250. The van der Waals surface area contributed by atoms with E-state index in [0.29, 0.717) is 16.7 Å². The fourth-order valence-corrected chi connectivity index (χ4v) is 3.53. The number of ether oxygens (including phenoxy) is 3. The van der Waals surface area contributed by atoms with Crippen LogP contribution >= 0.6 is 0 Å². The first-order chi connectivity index (χ1) is 15.9. The Morgan fingerprint density at radius 3 is 2.30 bits per heavy atom. The standard InChI is InChI=1S/C24H23N3O6/c1-15-13-27(24(30)26-21(15)25)20-12-18(33-23(29)17-10-6-3-7-11-17)19(32-20)14-31-22(28)16-8-4-2-5-9-16/h2-11,13,18-20H,12,14H2,1H3,(H2,25,26,30)/t18?,19-,20-/m0/s1. The minimum absolute atomic E-state index is 0.134. The molecule has 1 aliphatic rings. The lowest BCUT2D eigenvalue weighted by Gasteiger charge is -2.19. The highest BCUT2D eigenvalue weighted by molar-refractivity contribution is 5.90. The van der Waals surface area contributed by atoms with Gasteiger partial charge in [-0.3, -0.25) is 4.57 Å². The van der Waals surface area contributed by atoms with Crippen molar-refractivity contribution < 1.29 is 23.8 Å². The minimum atomic E-state index is -0.778. The van der Waals surface area contributed by atoms with Gasteiger partial charge in [-0.25, -0.2) is 14.4 Å². The van der Waals surface area contributed by atoms with Crippen LogP contribution in [0.15, 0.2) is 71.7 Å². The molecule has 1 unspecified atom stereocenters. The van der Waals surface area contributed by atoms with Crippen LogP contribution in [-0.4, -0.2) is 40.3 Å². The molecule has 1 fully saturated rings. The molecule has 4 rings (SSSR count). The Hall–Kier alpha value is -3.98. The summed E-state index contributed by atoms with van der Waals surface area (Å²) in [6.45, 7) is 1.56. The smallest absolute Gasteiger partial charge is 0.351 e. The molecule has 3 atom stereocenters. The maximum Gasteiger partial charge on any atom is 0.351 e. The molecule has 33 heavy (non-hydrogen) atoms. The van der Waals surface area contributed by atoms with Crippen LogP contribution in [0.3, 0.4) is 0 Å². The van der Waals surface area contributed by atoms with Crippen molar-refractivity contribution in [3.8, 4) is 0 Å². The number of carbonyl (C=O) groups is 2. The molecule has 170 valence electrons. The van der Waals surface area contributed by atoms with Crippen LogP contribution in [0.2, 0.25) is 0 Å². The van der Waals surface area contributed by atoms with Crippen molar-refractivity contribution in [1.29, 1.82) is 0 Å². The van der Waals surface area contributed by atoms with Gasteiger partial charge in [0.2, 0.25) is 0 Å². The summed E-state index contributed by atoms with van der Waals surface area (Å²) in [5.74, 6) is -0.934. The lowest BCUT2D eigenvalue weighted by molar-refractivity contribution is -0.0582. The summed E-state index contributed by atoms with van der Waals surface area (Å²) < 4.78 is 18.4. The molecule has 0 radical (unpaired) electrons. The van der Waals surface area contributed by atoms with E-state index in [0.717, 1.165) is 0 Å². The number of nitrogen functional groups attached to an aromatic ring is 1. The first-order valence-electron chi connectivity index (χ1n) is 10.4. The van der Waals surface area contributed by atoms with Crippen molar-refractivity contribution in [2.45, 2.75) is 31.8 Å². The average molecular weight is 449 g/mol. The highest BCUT2D eigenvalue weighted by Gasteiger charge is 2.40. The normalized spacial score (nSPS) is 19.7. The molecule has 3 aromatic rings. The van der Waals surface area contributed by atoms with Crippen LogP contribution in [0.4, 0.5) is 5.82 Å².